The van der Waals surface area contributed by atoms with Crippen LogP contribution in [0.15, 0.2) is 0 Å². The van der Waals surface area contributed by atoms with Crippen molar-refractivity contribution in [2.24, 2.45) is 0 Å². The standard InChI is InChI=1S/C11H22BrNO2/c1-2-3-4-5-6-7-8-9-10(12)11(14)13-15/h10,15H,2-9H2,1H3,(H,13,14). The number of nitrogens with one attached hydrogen (secondary N) is 1. The Morgan fingerprint density at radius 3 is 2.27 bits per heavy atom. The van der Waals surface area contributed by atoms with Gasteiger partial charge in [0.15, 0.2) is 0 Å². The summed E-state index contributed by atoms with van der Waals surface area (Å²) >= 11 is 3.23. The van der Waals surface area contributed by atoms with E-state index in [0.717, 1.165) is 12.8 Å². The van der Waals surface area contributed by atoms with Crippen LogP contribution in [0.25, 0.3) is 0 Å². The van der Waals surface area contributed by atoms with E-state index in [1.807, 2.05) is 0 Å². The maximum Gasteiger partial charge on any atom is 0.257 e. The molecule has 0 saturated heterocycles. The molecule has 0 fully saturated rings. The van der Waals surface area contributed by atoms with Gasteiger partial charge in [-0.2, -0.15) is 0 Å². The van der Waals surface area contributed by atoms with Gasteiger partial charge in [0.25, 0.3) is 5.91 Å². The first-order chi connectivity index (χ1) is 7.22. The van der Waals surface area contributed by atoms with Gasteiger partial charge in [-0.15, -0.1) is 0 Å². The number of amides is 1. The second-order valence-corrected chi connectivity index (χ2v) is 4.96. The first-order valence-corrected chi connectivity index (χ1v) is 6.72. The van der Waals surface area contributed by atoms with Gasteiger partial charge in [0, 0.05) is 0 Å². The molecule has 90 valence electrons. The molecular weight excluding hydrogens is 258 g/mol. The van der Waals surface area contributed by atoms with E-state index in [2.05, 4.69) is 22.9 Å². The van der Waals surface area contributed by atoms with E-state index in [9.17, 15) is 4.79 Å². The third kappa shape index (κ3) is 8.88. The normalized spacial score (nSPS) is 12.5. The van der Waals surface area contributed by atoms with Crippen molar-refractivity contribution >= 4 is 21.8 Å². The van der Waals surface area contributed by atoms with Crippen LogP contribution in [0.5, 0.6) is 0 Å². The molecule has 0 rings (SSSR count). The molecule has 2 N–H and O–H groups in total. The van der Waals surface area contributed by atoms with Gasteiger partial charge in [0.05, 0.1) is 4.83 Å². The molecule has 0 aliphatic rings. The summed E-state index contributed by atoms with van der Waals surface area (Å²) in [7, 11) is 0. The van der Waals surface area contributed by atoms with Gasteiger partial charge in [-0.05, 0) is 6.42 Å². The summed E-state index contributed by atoms with van der Waals surface area (Å²) < 4.78 is 0. The van der Waals surface area contributed by atoms with Crippen LogP contribution in [0.3, 0.4) is 0 Å². The van der Waals surface area contributed by atoms with E-state index in [4.69, 9.17) is 5.21 Å². The van der Waals surface area contributed by atoms with Crippen LogP contribution in [0.1, 0.15) is 58.3 Å². The van der Waals surface area contributed by atoms with Crippen molar-refractivity contribution in [3.8, 4) is 0 Å². The summed E-state index contributed by atoms with van der Waals surface area (Å²) in [6.07, 6.45) is 9.48. The minimum Gasteiger partial charge on any atom is -0.289 e. The topological polar surface area (TPSA) is 49.3 Å². The highest BCUT2D eigenvalue weighted by atomic mass is 79.9. The van der Waals surface area contributed by atoms with Gasteiger partial charge in [0.1, 0.15) is 0 Å². The van der Waals surface area contributed by atoms with E-state index < -0.39 is 0 Å². The van der Waals surface area contributed by atoms with Crippen LogP contribution >= 0.6 is 15.9 Å². The zero-order valence-corrected chi connectivity index (χ0v) is 11.1. The highest BCUT2D eigenvalue weighted by Crippen LogP contribution is 2.13. The summed E-state index contributed by atoms with van der Waals surface area (Å²) in [6.45, 7) is 2.21. The fourth-order valence-corrected chi connectivity index (χ4v) is 1.91. The molecule has 4 heteroatoms. The van der Waals surface area contributed by atoms with Crippen molar-refractivity contribution in [2.75, 3.05) is 0 Å². The predicted octanol–water partition coefficient (Wildman–Crippen LogP) is 3.40. The van der Waals surface area contributed by atoms with Gasteiger partial charge in [-0.3, -0.25) is 10.0 Å². The zero-order valence-electron chi connectivity index (χ0n) is 9.47. The lowest BCUT2D eigenvalue weighted by molar-refractivity contribution is -0.128. The number of unbranched alkanes of at least 4 members (excludes halogenated alkanes) is 6. The zero-order chi connectivity index (χ0) is 11.5. The van der Waals surface area contributed by atoms with Crippen LogP contribution < -0.4 is 5.48 Å². The Bertz CT molecular complexity index is 165. The van der Waals surface area contributed by atoms with E-state index in [0.29, 0.717) is 0 Å². The van der Waals surface area contributed by atoms with Crippen molar-refractivity contribution in [3.63, 3.8) is 0 Å². The van der Waals surface area contributed by atoms with E-state index in [1.54, 1.807) is 5.48 Å². The number of hydroxylamine groups is 1. The number of hydrogen-bond acceptors (Lipinski definition) is 2. The average molecular weight is 280 g/mol. The molecule has 0 aliphatic carbocycles. The van der Waals surface area contributed by atoms with Crippen molar-refractivity contribution < 1.29 is 10.0 Å². The molecule has 1 amide bonds. The summed E-state index contributed by atoms with van der Waals surface area (Å²) in [6, 6.07) is 0. The Balaban J connectivity index is 3.20. The number of carbonyl (C=O) groups is 1. The third-order valence-electron chi connectivity index (χ3n) is 2.46. The van der Waals surface area contributed by atoms with E-state index in [-0.39, 0.29) is 10.7 Å². The molecule has 0 aliphatic heterocycles. The molecule has 0 radical (unpaired) electrons. The molecule has 15 heavy (non-hydrogen) atoms. The molecule has 0 bridgehead atoms. The maximum absolute atomic E-state index is 10.9. The third-order valence-corrected chi connectivity index (χ3v) is 3.33. The second kappa shape index (κ2) is 10.4. The van der Waals surface area contributed by atoms with Crippen molar-refractivity contribution in [2.45, 2.75) is 63.1 Å². The SMILES string of the molecule is CCCCCCCCCC(Br)C(=O)NO. The first-order valence-electron chi connectivity index (χ1n) is 5.80. The lowest BCUT2D eigenvalue weighted by atomic mass is 10.1. The maximum atomic E-state index is 10.9. The molecule has 0 heterocycles. The number of alkyl halides is 1. The number of hydrogen-bond donors (Lipinski definition) is 2. The van der Waals surface area contributed by atoms with Crippen molar-refractivity contribution in [1.82, 2.24) is 5.48 Å². The quantitative estimate of drug-likeness (QED) is 0.294. The highest BCUT2D eigenvalue weighted by molar-refractivity contribution is 9.10. The van der Waals surface area contributed by atoms with Crippen LogP contribution in [-0.2, 0) is 4.79 Å². The Hall–Kier alpha value is -0.0900. The summed E-state index contributed by atoms with van der Waals surface area (Å²) in [5.74, 6) is -0.346. The van der Waals surface area contributed by atoms with Gasteiger partial charge in [-0.25, -0.2) is 5.48 Å². The molecule has 0 aromatic carbocycles. The van der Waals surface area contributed by atoms with Crippen molar-refractivity contribution in [3.05, 3.63) is 0 Å². The van der Waals surface area contributed by atoms with E-state index >= 15 is 0 Å². The van der Waals surface area contributed by atoms with Crippen LogP contribution in [0.2, 0.25) is 0 Å². The van der Waals surface area contributed by atoms with Crippen LogP contribution in [-0.4, -0.2) is 15.9 Å². The minimum absolute atomic E-state index is 0.252. The van der Waals surface area contributed by atoms with Gasteiger partial charge in [0.2, 0.25) is 0 Å². The molecule has 0 aromatic heterocycles. The van der Waals surface area contributed by atoms with Gasteiger partial charge >= 0.3 is 0 Å². The van der Waals surface area contributed by atoms with Crippen molar-refractivity contribution in [1.29, 1.82) is 0 Å². The fourth-order valence-electron chi connectivity index (χ4n) is 1.48. The molecule has 1 unspecified atom stereocenters. The summed E-state index contributed by atoms with van der Waals surface area (Å²) in [4.78, 5) is 10.7. The molecule has 0 saturated carbocycles. The number of halogens is 1. The Labute approximate surface area is 101 Å². The molecule has 0 spiro atoms. The van der Waals surface area contributed by atoms with Crippen LogP contribution in [0.4, 0.5) is 0 Å². The molecular formula is C11H22BrNO2. The Kier molecular flexibility index (Phi) is 10.4. The van der Waals surface area contributed by atoms with Gasteiger partial charge in [-0.1, -0.05) is 67.8 Å². The van der Waals surface area contributed by atoms with Crippen LogP contribution in [0, 0.1) is 0 Å². The Morgan fingerprint density at radius 2 is 1.73 bits per heavy atom. The highest BCUT2D eigenvalue weighted by Gasteiger charge is 2.12. The minimum atomic E-state index is -0.346. The average Bonchev–Trinajstić information content (AvgIpc) is 2.26. The summed E-state index contributed by atoms with van der Waals surface area (Å²) in [5.41, 5.74) is 1.65. The Morgan fingerprint density at radius 1 is 1.20 bits per heavy atom. The number of rotatable bonds is 9. The lowest BCUT2D eigenvalue weighted by Crippen LogP contribution is -2.27. The first kappa shape index (κ1) is 14.9. The summed E-state index contributed by atoms with van der Waals surface area (Å²) in [5, 5.41) is 8.38. The predicted molar refractivity (Wildman–Crippen MR) is 65.3 cm³/mol. The lowest BCUT2D eigenvalue weighted by Gasteiger charge is -2.06. The fraction of sp³-hybridized carbons (Fsp3) is 0.909. The monoisotopic (exact) mass is 279 g/mol. The van der Waals surface area contributed by atoms with Gasteiger partial charge < -0.3 is 0 Å². The largest absolute Gasteiger partial charge is 0.289 e. The molecule has 0 aromatic rings. The second-order valence-electron chi connectivity index (χ2n) is 3.85. The smallest absolute Gasteiger partial charge is 0.257 e. The van der Waals surface area contributed by atoms with E-state index in [1.165, 1.54) is 38.5 Å². The molecule has 1 atom stereocenters. The molecule has 3 nitrogen and oxygen atoms in total. The number of carbonyl (C=O) groups excluding carboxylic acids is 1.